The van der Waals surface area contributed by atoms with Crippen molar-refractivity contribution in [3.05, 3.63) is 0 Å². The first-order valence-corrected chi connectivity index (χ1v) is 8.76. The molecule has 2 unspecified atom stereocenters. The molecular weight excluding hydrogens is 267 g/mol. The standard InChI is InChI=1S/C9H20BrO3P/c1-3-4-5-6-7-8-9(2)13-14(10,11)12/h9H,3-8H2,1-2H3,(H,11,12). The molecule has 86 valence electrons. The Morgan fingerprint density at radius 3 is 2.43 bits per heavy atom. The van der Waals surface area contributed by atoms with Gasteiger partial charge < -0.3 is 4.89 Å². The molecule has 0 aromatic heterocycles. The topological polar surface area (TPSA) is 46.5 Å². The zero-order chi connectivity index (χ0) is 11.0. The number of rotatable bonds is 8. The van der Waals surface area contributed by atoms with Crippen LogP contribution in [0.5, 0.6) is 0 Å². The molecule has 0 rings (SSSR count). The Labute approximate surface area is 94.5 Å². The molecule has 0 aromatic rings. The molecule has 3 nitrogen and oxygen atoms in total. The smallest absolute Gasteiger partial charge is 0.316 e. The summed E-state index contributed by atoms with van der Waals surface area (Å²) in [5.74, 6) is 0. The van der Waals surface area contributed by atoms with Crippen molar-refractivity contribution in [2.45, 2.75) is 58.5 Å². The van der Waals surface area contributed by atoms with Gasteiger partial charge in [0.1, 0.15) is 0 Å². The second-order valence-electron chi connectivity index (χ2n) is 3.57. The van der Waals surface area contributed by atoms with Gasteiger partial charge in [0.15, 0.2) is 0 Å². The Balaban J connectivity index is 3.36. The van der Waals surface area contributed by atoms with E-state index in [1.807, 2.05) is 6.92 Å². The van der Waals surface area contributed by atoms with Crippen LogP contribution in [-0.4, -0.2) is 11.0 Å². The van der Waals surface area contributed by atoms with Gasteiger partial charge in [0.2, 0.25) is 0 Å². The number of halogens is 1. The van der Waals surface area contributed by atoms with Crippen molar-refractivity contribution < 1.29 is 14.0 Å². The Bertz CT molecular complexity index is 181. The first-order chi connectivity index (χ1) is 6.45. The number of hydrogen-bond donors (Lipinski definition) is 1. The van der Waals surface area contributed by atoms with Crippen LogP contribution >= 0.6 is 21.8 Å². The maximum absolute atomic E-state index is 10.8. The molecule has 0 saturated heterocycles. The summed E-state index contributed by atoms with van der Waals surface area (Å²) in [4.78, 5) is 8.88. The van der Waals surface area contributed by atoms with Gasteiger partial charge in [-0.3, -0.25) is 4.52 Å². The van der Waals surface area contributed by atoms with E-state index in [1.54, 1.807) is 0 Å². The highest BCUT2D eigenvalue weighted by atomic mass is 79.9. The largest absolute Gasteiger partial charge is 0.393 e. The van der Waals surface area contributed by atoms with E-state index in [0.29, 0.717) is 0 Å². The van der Waals surface area contributed by atoms with Gasteiger partial charge in [-0.2, -0.15) is 0 Å². The summed E-state index contributed by atoms with van der Waals surface area (Å²) in [7, 11) is 0. The highest BCUT2D eigenvalue weighted by molar-refractivity contribution is 9.39. The Morgan fingerprint density at radius 1 is 1.36 bits per heavy atom. The second kappa shape index (κ2) is 7.86. The summed E-state index contributed by atoms with van der Waals surface area (Å²) in [5, 5.41) is 0. The van der Waals surface area contributed by atoms with Crippen molar-refractivity contribution in [2.24, 2.45) is 0 Å². The normalized spacial score (nSPS) is 17.7. The van der Waals surface area contributed by atoms with Gasteiger partial charge in [-0.25, -0.2) is 4.57 Å². The quantitative estimate of drug-likeness (QED) is 0.536. The molecule has 0 fully saturated rings. The lowest BCUT2D eigenvalue weighted by molar-refractivity contribution is 0.189. The maximum atomic E-state index is 10.8. The van der Waals surface area contributed by atoms with Crippen molar-refractivity contribution in [3.8, 4) is 0 Å². The van der Waals surface area contributed by atoms with Crippen LogP contribution in [0.4, 0.5) is 0 Å². The third-order valence-electron chi connectivity index (χ3n) is 2.02. The molecule has 0 radical (unpaired) electrons. The van der Waals surface area contributed by atoms with Crippen LogP contribution in [0.25, 0.3) is 0 Å². The summed E-state index contributed by atoms with van der Waals surface area (Å²) in [6.07, 6.45) is 3.22. The lowest BCUT2D eigenvalue weighted by Crippen LogP contribution is -2.04. The summed E-state index contributed by atoms with van der Waals surface area (Å²) in [6, 6.07) is 0. The molecule has 5 heteroatoms. The zero-order valence-corrected chi connectivity index (χ0v) is 11.4. The molecule has 0 bridgehead atoms. The zero-order valence-electron chi connectivity index (χ0n) is 8.91. The minimum absolute atomic E-state index is 0.146. The van der Waals surface area contributed by atoms with E-state index in [9.17, 15) is 4.57 Å². The average molecular weight is 287 g/mol. The van der Waals surface area contributed by atoms with Gasteiger partial charge in [-0.15, -0.1) is 0 Å². The predicted molar refractivity (Wildman–Crippen MR) is 62.7 cm³/mol. The predicted octanol–water partition coefficient (Wildman–Crippen LogP) is 4.25. The molecule has 0 aliphatic rings. The Morgan fingerprint density at radius 2 is 1.93 bits per heavy atom. The van der Waals surface area contributed by atoms with Crippen LogP contribution in [-0.2, 0) is 9.09 Å². The number of unbranched alkanes of at least 4 members (excludes halogenated alkanes) is 4. The molecule has 0 aliphatic heterocycles. The average Bonchev–Trinajstić information content (AvgIpc) is 2.00. The van der Waals surface area contributed by atoms with Crippen LogP contribution in [0.15, 0.2) is 0 Å². The molecule has 0 aliphatic carbocycles. The first kappa shape index (κ1) is 14.6. The molecular formula is C9H20BrO3P. The molecule has 0 aromatic carbocycles. The van der Waals surface area contributed by atoms with Gasteiger partial charge in [-0.1, -0.05) is 39.0 Å². The van der Waals surface area contributed by atoms with Crippen LogP contribution in [0.1, 0.15) is 52.4 Å². The monoisotopic (exact) mass is 286 g/mol. The van der Waals surface area contributed by atoms with Crippen molar-refractivity contribution in [3.63, 3.8) is 0 Å². The van der Waals surface area contributed by atoms with Gasteiger partial charge in [-0.05, 0) is 13.3 Å². The van der Waals surface area contributed by atoms with E-state index in [0.717, 1.165) is 12.8 Å². The fourth-order valence-corrected chi connectivity index (χ4v) is 2.72. The SMILES string of the molecule is CCCCCCCC(C)OP(=O)(O)Br. The summed E-state index contributed by atoms with van der Waals surface area (Å²) >= 11 is 2.60. The van der Waals surface area contributed by atoms with E-state index in [1.165, 1.54) is 25.7 Å². The molecule has 0 heterocycles. The maximum Gasteiger partial charge on any atom is 0.393 e. The molecule has 0 amide bonds. The fraction of sp³-hybridized carbons (Fsp3) is 1.00. The first-order valence-electron chi connectivity index (χ1n) is 5.16. The van der Waals surface area contributed by atoms with Crippen molar-refractivity contribution >= 4 is 21.8 Å². The van der Waals surface area contributed by atoms with Crippen LogP contribution in [0, 0.1) is 0 Å². The molecule has 1 N–H and O–H groups in total. The van der Waals surface area contributed by atoms with Crippen molar-refractivity contribution in [1.29, 1.82) is 0 Å². The fourth-order valence-electron chi connectivity index (χ4n) is 1.31. The minimum atomic E-state index is -3.47. The van der Waals surface area contributed by atoms with E-state index in [2.05, 4.69) is 22.4 Å². The summed E-state index contributed by atoms with van der Waals surface area (Å²) < 4.78 is 15.7. The van der Waals surface area contributed by atoms with Crippen LogP contribution < -0.4 is 0 Å². The lowest BCUT2D eigenvalue weighted by Gasteiger charge is -2.13. The summed E-state index contributed by atoms with van der Waals surface area (Å²) in [6.45, 7) is 4.00. The van der Waals surface area contributed by atoms with Gasteiger partial charge in [0.25, 0.3) is 0 Å². The molecule has 0 saturated carbocycles. The lowest BCUT2D eigenvalue weighted by atomic mass is 10.1. The summed E-state index contributed by atoms with van der Waals surface area (Å²) in [5.41, 5.74) is 0. The minimum Gasteiger partial charge on any atom is -0.316 e. The molecule has 0 spiro atoms. The highest BCUT2D eigenvalue weighted by Gasteiger charge is 2.17. The second-order valence-corrected chi connectivity index (χ2v) is 7.37. The van der Waals surface area contributed by atoms with Gasteiger partial charge in [0, 0.05) is 15.5 Å². The third kappa shape index (κ3) is 10.7. The Hall–Kier alpha value is 0.630. The third-order valence-corrected chi connectivity index (χ3v) is 3.15. The van der Waals surface area contributed by atoms with Crippen LogP contribution in [0.3, 0.4) is 0 Å². The number of hydrogen-bond acceptors (Lipinski definition) is 2. The van der Waals surface area contributed by atoms with Crippen molar-refractivity contribution in [1.82, 2.24) is 0 Å². The van der Waals surface area contributed by atoms with Crippen molar-refractivity contribution in [2.75, 3.05) is 0 Å². The van der Waals surface area contributed by atoms with Crippen LogP contribution in [0.2, 0.25) is 0 Å². The van der Waals surface area contributed by atoms with E-state index in [-0.39, 0.29) is 6.10 Å². The van der Waals surface area contributed by atoms with Gasteiger partial charge in [0.05, 0.1) is 6.10 Å². The highest BCUT2D eigenvalue weighted by Crippen LogP contribution is 2.51. The Kier molecular flexibility index (Phi) is 8.22. The van der Waals surface area contributed by atoms with E-state index < -0.39 is 6.30 Å². The molecule has 2 atom stereocenters. The van der Waals surface area contributed by atoms with E-state index in [4.69, 9.17) is 9.42 Å². The van der Waals surface area contributed by atoms with E-state index >= 15 is 0 Å². The van der Waals surface area contributed by atoms with Gasteiger partial charge >= 0.3 is 6.30 Å². The molecule has 14 heavy (non-hydrogen) atoms.